The number of ketones is 1. The Morgan fingerprint density at radius 2 is 1.71 bits per heavy atom. The molecule has 3 rings (SSSR count). The largest absolute Gasteiger partial charge is 0.435 e. The summed E-state index contributed by atoms with van der Waals surface area (Å²) >= 11 is 0. The lowest BCUT2D eigenvalue weighted by Crippen LogP contribution is -2.43. The van der Waals surface area contributed by atoms with Crippen LogP contribution in [0.5, 0.6) is 5.75 Å². The summed E-state index contributed by atoms with van der Waals surface area (Å²) in [6, 6.07) is 12.4. The van der Waals surface area contributed by atoms with Crippen LogP contribution in [0, 0.1) is 5.82 Å². The predicted molar refractivity (Wildman–Crippen MR) is 99.8 cm³/mol. The molecule has 148 valence electrons. The van der Waals surface area contributed by atoms with E-state index in [-0.39, 0.29) is 17.3 Å². The third-order valence-corrected chi connectivity index (χ3v) is 4.56. The fraction of sp³-hybridized carbons (Fsp3) is 0.286. The van der Waals surface area contributed by atoms with E-state index in [4.69, 9.17) is 0 Å². The van der Waals surface area contributed by atoms with E-state index < -0.39 is 6.61 Å². The maximum absolute atomic E-state index is 13.7. The number of benzene rings is 2. The zero-order valence-electron chi connectivity index (χ0n) is 15.2. The minimum absolute atomic E-state index is 0.0153. The molecule has 28 heavy (non-hydrogen) atoms. The van der Waals surface area contributed by atoms with Gasteiger partial charge in [0.1, 0.15) is 11.6 Å². The van der Waals surface area contributed by atoms with E-state index in [9.17, 15) is 18.0 Å². The highest BCUT2D eigenvalue weighted by atomic mass is 19.3. The molecule has 0 N–H and O–H groups in total. The van der Waals surface area contributed by atoms with E-state index in [2.05, 4.69) is 9.64 Å². The van der Waals surface area contributed by atoms with Gasteiger partial charge in [-0.1, -0.05) is 18.2 Å². The van der Waals surface area contributed by atoms with Gasteiger partial charge in [-0.05, 0) is 30.3 Å². The maximum Gasteiger partial charge on any atom is 0.387 e. The highest BCUT2D eigenvalue weighted by Gasteiger charge is 2.16. The first-order chi connectivity index (χ1) is 13.5. The fourth-order valence-corrected chi connectivity index (χ4v) is 3.01. The number of carbonyl (C=O) groups is 1. The molecular weight excluding hydrogens is 369 g/mol. The molecule has 2 aromatic rings. The van der Waals surface area contributed by atoms with Crippen LogP contribution in [0.2, 0.25) is 0 Å². The standard InChI is InChI=1S/C21H21F3N2O2/c22-19-4-2-1-3-17(19)15-26-13-11-25(12-14-26)10-9-20(27)16-5-7-18(8-6-16)28-21(23)24/h1-10,21H,11-15H2. The number of hydrogen-bond donors (Lipinski definition) is 0. The van der Waals surface area contributed by atoms with Gasteiger partial charge in [-0.15, -0.1) is 0 Å². The molecule has 7 heteroatoms. The molecule has 1 aliphatic rings. The smallest absolute Gasteiger partial charge is 0.387 e. The topological polar surface area (TPSA) is 32.8 Å². The van der Waals surface area contributed by atoms with E-state index in [0.717, 1.165) is 26.2 Å². The van der Waals surface area contributed by atoms with Crippen LogP contribution in [0.3, 0.4) is 0 Å². The molecule has 0 unspecified atom stereocenters. The first-order valence-corrected chi connectivity index (χ1v) is 8.98. The predicted octanol–water partition coefficient (Wildman–Crippen LogP) is 3.94. The second-order valence-corrected chi connectivity index (χ2v) is 6.49. The van der Waals surface area contributed by atoms with Gasteiger partial charge < -0.3 is 9.64 Å². The number of piperazine rings is 1. The van der Waals surface area contributed by atoms with Crippen LogP contribution in [0.15, 0.2) is 60.8 Å². The molecule has 0 aliphatic carbocycles. The van der Waals surface area contributed by atoms with Crippen molar-refractivity contribution in [3.63, 3.8) is 0 Å². The van der Waals surface area contributed by atoms with Gasteiger partial charge in [-0.2, -0.15) is 8.78 Å². The lowest BCUT2D eigenvalue weighted by atomic mass is 10.1. The Kier molecular flexibility index (Phi) is 6.71. The quantitative estimate of drug-likeness (QED) is 0.530. The molecule has 0 saturated carbocycles. The van der Waals surface area contributed by atoms with Gasteiger partial charge in [-0.25, -0.2) is 4.39 Å². The van der Waals surface area contributed by atoms with Crippen LogP contribution in [0.25, 0.3) is 0 Å². The molecule has 0 atom stereocenters. The van der Waals surface area contributed by atoms with Crippen LogP contribution < -0.4 is 4.74 Å². The summed E-state index contributed by atoms with van der Waals surface area (Å²) in [6.07, 6.45) is 3.21. The molecule has 0 bridgehead atoms. The lowest BCUT2D eigenvalue weighted by Gasteiger charge is -2.34. The van der Waals surface area contributed by atoms with Gasteiger partial charge in [0.25, 0.3) is 0 Å². The minimum Gasteiger partial charge on any atom is -0.435 e. The van der Waals surface area contributed by atoms with Crippen molar-refractivity contribution in [3.8, 4) is 5.75 Å². The molecule has 0 spiro atoms. The van der Waals surface area contributed by atoms with Crippen molar-refractivity contribution in [2.75, 3.05) is 26.2 Å². The summed E-state index contributed by atoms with van der Waals surface area (Å²) in [7, 11) is 0. The number of hydrogen-bond acceptors (Lipinski definition) is 4. The van der Waals surface area contributed by atoms with Crippen molar-refractivity contribution in [1.82, 2.24) is 9.80 Å². The van der Waals surface area contributed by atoms with Crippen LogP contribution >= 0.6 is 0 Å². The Morgan fingerprint density at radius 3 is 2.36 bits per heavy atom. The molecule has 2 aromatic carbocycles. The molecule has 0 radical (unpaired) electrons. The first kappa shape index (κ1) is 19.9. The van der Waals surface area contributed by atoms with E-state index in [0.29, 0.717) is 17.7 Å². The van der Waals surface area contributed by atoms with Gasteiger partial charge in [0, 0.05) is 56.1 Å². The van der Waals surface area contributed by atoms with E-state index >= 15 is 0 Å². The molecular formula is C21H21F3N2O2. The Labute approximate surface area is 161 Å². The zero-order chi connectivity index (χ0) is 19.9. The summed E-state index contributed by atoms with van der Waals surface area (Å²) in [6.45, 7) is 0.687. The Morgan fingerprint density at radius 1 is 1.04 bits per heavy atom. The number of carbonyl (C=O) groups excluding carboxylic acids is 1. The third-order valence-electron chi connectivity index (χ3n) is 4.56. The van der Waals surface area contributed by atoms with Gasteiger partial charge in [0.15, 0.2) is 5.78 Å². The van der Waals surface area contributed by atoms with E-state index in [1.54, 1.807) is 18.3 Å². The summed E-state index contributed by atoms with van der Waals surface area (Å²) in [4.78, 5) is 16.4. The highest BCUT2D eigenvalue weighted by Crippen LogP contribution is 2.16. The van der Waals surface area contributed by atoms with E-state index in [1.807, 2.05) is 11.0 Å². The van der Waals surface area contributed by atoms with Gasteiger partial charge in [0.2, 0.25) is 0 Å². The summed E-state index contributed by atoms with van der Waals surface area (Å²) < 4.78 is 42.3. The van der Waals surface area contributed by atoms with E-state index in [1.165, 1.54) is 36.4 Å². The molecule has 1 heterocycles. The Balaban J connectivity index is 1.48. The summed E-state index contributed by atoms with van der Waals surface area (Å²) in [5, 5.41) is 0. The SMILES string of the molecule is O=C(C=CN1CCN(Cc2ccccc2F)CC1)c1ccc(OC(F)F)cc1. The van der Waals surface area contributed by atoms with Crippen molar-refractivity contribution in [2.45, 2.75) is 13.2 Å². The fourth-order valence-electron chi connectivity index (χ4n) is 3.01. The normalized spacial score (nSPS) is 15.4. The first-order valence-electron chi connectivity index (χ1n) is 8.98. The number of rotatable bonds is 7. The maximum atomic E-state index is 13.7. The van der Waals surface area contributed by atoms with Crippen molar-refractivity contribution < 1.29 is 22.7 Å². The molecule has 4 nitrogen and oxygen atoms in total. The summed E-state index contributed by atoms with van der Waals surface area (Å²) in [5.41, 5.74) is 1.08. The lowest BCUT2D eigenvalue weighted by molar-refractivity contribution is -0.0498. The number of alkyl halides is 2. The number of allylic oxidation sites excluding steroid dienone is 1. The molecule has 1 aliphatic heterocycles. The molecule has 0 aromatic heterocycles. The van der Waals surface area contributed by atoms with Crippen molar-refractivity contribution in [2.24, 2.45) is 0 Å². The number of nitrogens with zero attached hydrogens (tertiary/aromatic N) is 2. The zero-order valence-corrected chi connectivity index (χ0v) is 15.2. The Bertz CT molecular complexity index is 817. The number of ether oxygens (including phenoxy) is 1. The monoisotopic (exact) mass is 390 g/mol. The average molecular weight is 390 g/mol. The molecule has 1 saturated heterocycles. The van der Waals surface area contributed by atoms with Crippen molar-refractivity contribution >= 4 is 5.78 Å². The van der Waals surface area contributed by atoms with Crippen molar-refractivity contribution in [3.05, 3.63) is 77.8 Å². The van der Waals surface area contributed by atoms with Gasteiger partial charge >= 0.3 is 6.61 Å². The van der Waals surface area contributed by atoms with Crippen LogP contribution in [0.4, 0.5) is 13.2 Å². The summed E-state index contributed by atoms with van der Waals surface area (Å²) in [5.74, 6) is -0.390. The minimum atomic E-state index is -2.89. The highest BCUT2D eigenvalue weighted by molar-refractivity contribution is 6.04. The third kappa shape index (κ3) is 5.60. The second kappa shape index (κ2) is 9.41. The second-order valence-electron chi connectivity index (χ2n) is 6.49. The Hall–Kier alpha value is -2.80. The molecule has 1 fully saturated rings. The molecule has 0 amide bonds. The van der Waals surface area contributed by atoms with Gasteiger partial charge in [0.05, 0.1) is 0 Å². The van der Waals surface area contributed by atoms with Crippen LogP contribution in [-0.2, 0) is 6.54 Å². The van der Waals surface area contributed by atoms with Gasteiger partial charge in [-0.3, -0.25) is 9.69 Å². The number of halogens is 3. The average Bonchev–Trinajstić information content (AvgIpc) is 2.69. The van der Waals surface area contributed by atoms with Crippen LogP contribution in [0.1, 0.15) is 15.9 Å². The van der Waals surface area contributed by atoms with Crippen molar-refractivity contribution in [1.29, 1.82) is 0 Å². The van der Waals surface area contributed by atoms with Crippen LogP contribution in [-0.4, -0.2) is 48.4 Å².